The third kappa shape index (κ3) is 7.16. The van der Waals surface area contributed by atoms with Gasteiger partial charge in [-0.2, -0.15) is 0 Å². The van der Waals surface area contributed by atoms with Crippen molar-refractivity contribution >= 4 is 69.9 Å². The SMILES string of the molecule is ClC1=C(OCSc2ccccc2Cl)C(Cl)(OCSc2ccccc2Cl)C=CC1CCn1ccnc1. The van der Waals surface area contributed by atoms with Crippen LogP contribution in [0.25, 0.3) is 0 Å². The van der Waals surface area contributed by atoms with Gasteiger partial charge < -0.3 is 14.0 Å². The molecule has 1 heterocycles. The van der Waals surface area contributed by atoms with Gasteiger partial charge in [0.15, 0.2) is 5.76 Å². The number of benzene rings is 2. The van der Waals surface area contributed by atoms with Crippen molar-refractivity contribution in [3.8, 4) is 0 Å². The molecule has 2 atom stereocenters. The van der Waals surface area contributed by atoms with Gasteiger partial charge in [0.1, 0.15) is 5.94 Å². The molecule has 0 bridgehead atoms. The van der Waals surface area contributed by atoms with E-state index in [1.807, 2.05) is 71.4 Å². The molecule has 4 nitrogen and oxygen atoms in total. The average Bonchev–Trinajstić information content (AvgIpc) is 3.37. The Morgan fingerprint density at radius 3 is 2.23 bits per heavy atom. The number of ether oxygens (including phenoxy) is 2. The lowest BCUT2D eigenvalue weighted by atomic mass is 9.96. The third-order valence-corrected chi connectivity index (χ3v) is 8.77. The van der Waals surface area contributed by atoms with Gasteiger partial charge in [-0.25, -0.2) is 4.98 Å². The lowest BCUT2D eigenvalue weighted by Crippen LogP contribution is -2.32. The van der Waals surface area contributed by atoms with Gasteiger partial charge in [0.25, 0.3) is 0 Å². The number of aromatic nitrogens is 2. The van der Waals surface area contributed by atoms with Gasteiger partial charge in [0, 0.05) is 34.6 Å². The average molecular weight is 588 g/mol. The highest BCUT2D eigenvalue weighted by atomic mass is 35.5. The first-order valence-electron chi connectivity index (χ1n) is 10.7. The van der Waals surface area contributed by atoms with E-state index in [1.54, 1.807) is 12.5 Å². The summed E-state index contributed by atoms with van der Waals surface area (Å²) in [6.45, 7) is 0.755. The molecule has 3 aromatic rings. The van der Waals surface area contributed by atoms with E-state index in [9.17, 15) is 0 Å². The second-order valence-electron chi connectivity index (χ2n) is 7.55. The summed E-state index contributed by atoms with van der Waals surface area (Å²) in [4.78, 5) is 5.90. The van der Waals surface area contributed by atoms with Crippen LogP contribution in [0, 0.1) is 5.92 Å². The Balaban J connectivity index is 1.47. The second kappa shape index (κ2) is 12.8. The molecule has 184 valence electrons. The van der Waals surface area contributed by atoms with Gasteiger partial charge in [-0.05, 0) is 36.8 Å². The van der Waals surface area contributed by atoms with Crippen molar-refractivity contribution in [1.82, 2.24) is 9.55 Å². The molecule has 0 N–H and O–H groups in total. The molecular formula is C25H22Cl4N2O2S2. The minimum absolute atomic E-state index is 0.0638. The van der Waals surface area contributed by atoms with Gasteiger partial charge in [-0.15, -0.1) is 0 Å². The van der Waals surface area contributed by atoms with Gasteiger partial charge in [-0.1, -0.05) is 100 Å². The summed E-state index contributed by atoms with van der Waals surface area (Å²) in [7, 11) is 0. The molecule has 2 unspecified atom stereocenters. The largest absolute Gasteiger partial charge is 0.481 e. The number of imidazole rings is 1. The highest BCUT2D eigenvalue weighted by Gasteiger charge is 2.39. The van der Waals surface area contributed by atoms with Gasteiger partial charge in [-0.3, -0.25) is 0 Å². The molecule has 0 fully saturated rings. The fourth-order valence-corrected chi connectivity index (χ4v) is 6.21. The highest BCUT2D eigenvalue weighted by Crippen LogP contribution is 2.43. The Labute approximate surface area is 233 Å². The van der Waals surface area contributed by atoms with Crippen molar-refractivity contribution in [3.63, 3.8) is 0 Å². The number of halogens is 4. The maximum absolute atomic E-state index is 6.95. The molecule has 1 aromatic heterocycles. The molecule has 0 saturated heterocycles. The van der Waals surface area contributed by atoms with Crippen LogP contribution in [0.5, 0.6) is 0 Å². The van der Waals surface area contributed by atoms with E-state index in [-0.39, 0.29) is 17.8 Å². The summed E-state index contributed by atoms with van der Waals surface area (Å²) in [6, 6.07) is 15.2. The Morgan fingerprint density at radius 2 is 1.60 bits per heavy atom. The predicted octanol–water partition coefficient (Wildman–Crippen LogP) is 8.68. The summed E-state index contributed by atoms with van der Waals surface area (Å²) in [5.41, 5.74) is 0. The van der Waals surface area contributed by atoms with Crippen molar-refractivity contribution in [2.24, 2.45) is 5.92 Å². The molecule has 0 amide bonds. The molecule has 1 aliphatic carbocycles. The molecule has 10 heteroatoms. The number of hydrogen-bond acceptors (Lipinski definition) is 5. The normalized spacial score (nSPS) is 19.8. The second-order valence-corrected chi connectivity index (χ2v) is 11.3. The van der Waals surface area contributed by atoms with Gasteiger partial charge in [0.05, 0.1) is 27.3 Å². The maximum atomic E-state index is 6.95. The summed E-state index contributed by atoms with van der Waals surface area (Å²) in [6.07, 6.45) is 9.99. The Kier molecular flexibility index (Phi) is 9.82. The standard InChI is InChI=1S/C25H22Cl4N2O2S2/c26-19-5-1-3-7-21(19)34-16-32-24-23(28)18(10-13-31-14-12-30-15-31)9-11-25(24,29)33-17-35-22-8-4-2-6-20(22)27/h1-9,11-12,14-15,18H,10,13,16-17H2. The van der Waals surface area contributed by atoms with Crippen LogP contribution in [0.3, 0.4) is 0 Å². The highest BCUT2D eigenvalue weighted by molar-refractivity contribution is 7.99. The predicted molar refractivity (Wildman–Crippen MR) is 147 cm³/mol. The number of alkyl halides is 1. The van der Waals surface area contributed by atoms with Crippen molar-refractivity contribution in [2.75, 3.05) is 11.9 Å². The van der Waals surface area contributed by atoms with E-state index in [4.69, 9.17) is 55.9 Å². The number of nitrogens with zero attached hydrogens (tertiary/aromatic N) is 2. The fourth-order valence-electron chi connectivity index (χ4n) is 3.40. The first-order chi connectivity index (χ1) is 17.0. The number of thioether (sulfide) groups is 2. The maximum Gasteiger partial charge on any atom is 0.220 e. The quantitative estimate of drug-likeness (QED) is 0.0970. The molecule has 2 aromatic carbocycles. The molecule has 0 aliphatic heterocycles. The topological polar surface area (TPSA) is 36.3 Å². The monoisotopic (exact) mass is 586 g/mol. The van der Waals surface area contributed by atoms with E-state index < -0.39 is 5.06 Å². The molecule has 0 saturated carbocycles. The van der Waals surface area contributed by atoms with Gasteiger partial charge >= 0.3 is 0 Å². The minimum atomic E-state index is -1.34. The van der Waals surface area contributed by atoms with Crippen LogP contribution >= 0.6 is 69.9 Å². The zero-order valence-corrected chi connectivity index (χ0v) is 23.1. The number of hydrogen-bond donors (Lipinski definition) is 0. The number of rotatable bonds is 11. The van der Waals surface area contributed by atoms with E-state index >= 15 is 0 Å². The first kappa shape index (κ1) is 26.8. The zero-order chi connectivity index (χ0) is 24.7. The molecule has 35 heavy (non-hydrogen) atoms. The van der Waals surface area contributed by atoms with E-state index in [2.05, 4.69) is 4.98 Å². The minimum Gasteiger partial charge on any atom is -0.481 e. The summed E-state index contributed by atoms with van der Waals surface area (Å²) < 4.78 is 14.3. The Morgan fingerprint density at radius 1 is 0.943 bits per heavy atom. The van der Waals surface area contributed by atoms with Crippen molar-refractivity contribution in [2.45, 2.75) is 27.8 Å². The lowest BCUT2D eigenvalue weighted by Gasteiger charge is -2.33. The summed E-state index contributed by atoms with van der Waals surface area (Å²) >= 11 is 29.3. The van der Waals surface area contributed by atoms with E-state index in [1.165, 1.54) is 23.5 Å². The van der Waals surface area contributed by atoms with Crippen LogP contribution in [0.4, 0.5) is 0 Å². The molecule has 1 aliphatic rings. The van der Waals surface area contributed by atoms with Crippen LogP contribution in [0.15, 0.2) is 100.0 Å². The first-order valence-corrected chi connectivity index (χ1v) is 14.2. The molecule has 0 radical (unpaired) electrons. The van der Waals surface area contributed by atoms with Crippen LogP contribution in [0.1, 0.15) is 6.42 Å². The summed E-state index contributed by atoms with van der Waals surface area (Å²) in [5.74, 6) is 0.850. The number of allylic oxidation sites excluding steroid dienone is 2. The van der Waals surface area contributed by atoms with E-state index in [0.29, 0.717) is 20.8 Å². The van der Waals surface area contributed by atoms with E-state index in [0.717, 1.165) is 22.8 Å². The van der Waals surface area contributed by atoms with Crippen LogP contribution in [0.2, 0.25) is 10.0 Å². The van der Waals surface area contributed by atoms with Crippen LogP contribution < -0.4 is 0 Å². The zero-order valence-electron chi connectivity index (χ0n) is 18.5. The number of aryl methyl sites for hydroxylation is 1. The van der Waals surface area contributed by atoms with Gasteiger partial charge in [0.2, 0.25) is 5.06 Å². The smallest absolute Gasteiger partial charge is 0.220 e. The molecular weight excluding hydrogens is 566 g/mol. The molecule has 4 rings (SSSR count). The summed E-state index contributed by atoms with van der Waals surface area (Å²) in [5, 5.41) is 0.500. The Bertz CT molecular complexity index is 1190. The third-order valence-electron chi connectivity index (χ3n) is 5.23. The Hall–Kier alpha value is -1.25. The van der Waals surface area contributed by atoms with Crippen LogP contribution in [-0.4, -0.2) is 26.5 Å². The molecule has 0 spiro atoms. The van der Waals surface area contributed by atoms with Crippen molar-refractivity contribution < 1.29 is 9.47 Å². The lowest BCUT2D eigenvalue weighted by molar-refractivity contribution is 0.0620. The van der Waals surface area contributed by atoms with Crippen molar-refractivity contribution in [1.29, 1.82) is 0 Å². The van der Waals surface area contributed by atoms with Crippen molar-refractivity contribution in [3.05, 3.63) is 100 Å². The van der Waals surface area contributed by atoms with Crippen LogP contribution in [-0.2, 0) is 16.0 Å². The fraction of sp³-hybridized carbons (Fsp3) is 0.240.